The van der Waals surface area contributed by atoms with Crippen molar-refractivity contribution in [2.75, 3.05) is 13.1 Å². The van der Waals surface area contributed by atoms with Gasteiger partial charge in [0.25, 0.3) is 0 Å². The predicted molar refractivity (Wildman–Crippen MR) is 92.0 cm³/mol. The number of benzene rings is 1. The summed E-state index contributed by atoms with van der Waals surface area (Å²) >= 11 is 0. The van der Waals surface area contributed by atoms with E-state index >= 15 is 0 Å². The van der Waals surface area contributed by atoms with Crippen LogP contribution in [0, 0.1) is 5.92 Å². The predicted octanol–water partition coefficient (Wildman–Crippen LogP) is 2.77. The van der Waals surface area contributed by atoms with Crippen LogP contribution in [-0.2, 0) is 16.0 Å². The molecule has 1 aromatic rings. The molecule has 4 nitrogen and oxygen atoms in total. The number of carbonyl (C=O) groups is 2. The van der Waals surface area contributed by atoms with E-state index in [0.29, 0.717) is 12.3 Å². The lowest BCUT2D eigenvalue weighted by atomic mass is 9.90. The Morgan fingerprint density at radius 2 is 1.87 bits per heavy atom. The van der Waals surface area contributed by atoms with E-state index in [0.717, 1.165) is 38.8 Å². The van der Waals surface area contributed by atoms with Crippen LogP contribution in [0.25, 0.3) is 0 Å². The van der Waals surface area contributed by atoms with Crippen molar-refractivity contribution in [1.82, 2.24) is 10.2 Å². The molecule has 1 atom stereocenters. The average molecular weight is 316 g/mol. The van der Waals surface area contributed by atoms with Gasteiger partial charge in [0, 0.05) is 19.5 Å². The van der Waals surface area contributed by atoms with Gasteiger partial charge in [-0.15, -0.1) is 0 Å². The number of nitrogens with zero attached hydrogens (tertiary/aromatic N) is 1. The number of nitrogens with one attached hydrogen (secondary N) is 1. The van der Waals surface area contributed by atoms with Crippen molar-refractivity contribution in [3.05, 3.63) is 35.9 Å². The first kappa shape index (κ1) is 17.5. The van der Waals surface area contributed by atoms with Crippen molar-refractivity contribution in [2.24, 2.45) is 5.92 Å². The first-order valence-corrected chi connectivity index (χ1v) is 8.72. The molecule has 23 heavy (non-hydrogen) atoms. The Morgan fingerprint density at radius 3 is 2.48 bits per heavy atom. The number of amides is 2. The summed E-state index contributed by atoms with van der Waals surface area (Å²) in [7, 11) is 0. The van der Waals surface area contributed by atoms with Gasteiger partial charge in [0.15, 0.2) is 0 Å². The minimum Gasteiger partial charge on any atom is -0.345 e. The minimum atomic E-state index is -0.417. The fraction of sp³-hybridized carbons (Fsp3) is 0.579. The quantitative estimate of drug-likeness (QED) is 0.877. The molecule has 1 aliphatic rings. The van der Waals surface area contributed by atoms with E-state index in [4.69, 9.17) is 0 Å². The van der Waals surface area contributed by atoms with Gasteiger partial charge < -0.3 is 10.2 Å². The highest BCUT2D eigenvalue weighted by Gasteiger charge is 2.26. The van der Waals surface area contributed by atoms with Gasteiger partial charge in [0.05, 0.1) is 0 Å². The number of likely N-dealkylation sites (tertiary alicyclic amines) is 1. The van der Waals surface area contributed by atoms with Crippen LogP contribution in [0.5, 0.6) is 0 Å². The second-order valence-electron chi connectivity index (χ2n) is 6.50. The highest BCUT2D eigenvalue weighted by Crippen LogP contribution is 2.22. The molecule has 0 radical (unpaired) electrons. The van der Waals surface area contributed by atoms with Gasteiger partial charge >= 0.3 is 0 Å². The molecule has 0 unspecified atom stereocenters. The van der Waals surface area contributed by atoms with Crippen molar-refractivity contribution >= 4 is 11.8 Å². The number of piperidine rings is 1. The molecular formula is C19H28N2O2. The molecule has 126 valence electrons. The Hall–Kier alpha value is -1.84. The zero-order valence-electron chi connectivity index (χ0n) is 14.3. The summed E-state index contributed by atoms with van der Waals surface area (Å²) in [6.45, 7) is 5.34. The summed E-state index contributed by atoms with van der Waals surface area (Å²) < 4.78 is 0. The lowest BCUT2D eigenvalue weighted by Crippen LogP contribution is -2.49. The van der Waals surface area contributed by atoms with Crippen molar-refractivity contribution in [3.63, 3.8) is 0 Å². The third kappa shape index (κ3) is 5.38. The molecule has 4 heteroatoms. The fourth-order valence-electron chi connectivity index (χ4n) is 3.18. The van der Waals surface area contributed by atoms with Crippen molar-refractivity contribution in [1.29, 1.82) is 0 Å². The van der Waals surface area contributed by atoms with Gasteiger partial charge in [-0.05, 0) is 44.1 Å². The van der Waals surface area contributed by atoms with Gasteiger partial charge in [-0.2, -0.15) is 0 Å². The van der Waals surface area contributed by atoms with Gasteiger partial charge in [0.2, 0.25) is 11.8 Å². The number of hydrogen-bond acceptors (Lipinski definition) is 2. The Morgan fingerprint density at radius 1 is 1.22 bits per heavy atom. The lowest BCUT2D eigenvalue weighted by Gasteiger charge is -2.33. The second kappa shape index (κ2) is 8.70. The first-order chi connectivity index (χ1) is 11.1. The zero-order chi connectivity index (χ0) is 16.7. The summed E-state index contributed by atoms with van der Waals surface area (Å²) in [5.74, 6) is 0.659. The van der Waals surface area contributed by atoms with Gasteiger partial charge in [-0.1, -0.05) is 37.3 Å². The van der Waals surface area contributed by atoms with Crippen LogP contribution in [0.4, 0.5) is 0 Å². The Balaban J connectivity index is 1.77. The van der Waals surface area contributed by atoms with Crippen molar-refractivity contribution < 1.29 is 9.59 Å². The molecule has 0 bridgehead atoms. The minimum absolute atomic E-state index is 0.0349. The van der Waals surface area contributed by atoms with Crippen molar-refractivity contribution in [3.8, 4) is 0 Å². The Labute approximate surface area is 139 Å². The molecule has 1 aromatic carbocycles. The van der Waals surface area contributed by atoms with Gasteiger partial charge in [-0.25, -0.2) is 0 Å². The highest BCUT2D eigenvalue weighted by molar-refractivity contribution is 5.87. The third-order valence-electron chi connectivity index (χ3n) is 4.52. The van der Waals surface area contributed by atoms with E-state index in [9.17, 15) is 9.59 Å². The lowest BCUT2D eigenvalue weighted by molar-refractivity contribution is -0.137. The van der Waals surface area contributed by atoms with E-state index in [1.165, 1.54) is 5.56 Å². The Kier molecular flexibility index (Phi) is 6.63. The molecule has 0 aliphatic carbocycles. The van der Waals surface area contributed by atoms with Crippen LogP contribution in [0.15, 0.2) is 30.3 Å². The van der Waals surface area contributed by atoms with Gasteiger partial charge in [0.1, 0.15) is 6.04 Å². The van der Waals surface area contributed by atoms with E-state index < -0.39 is 6.04 Å². The summed E-state index contributed by atoms with van der Waals surface area (Å²) in [6, 6.07) is 10.1. The first-order valence-electron chi connectivity index (χ1n) is 8.72. The van der Waals surface area contributed by atoms with E-state index in [-0.39, 0.29) is 11.8 Å². The smallest absolute Gasteiger partial charge is 0.244 e. The SMILES string of the molecule is CCCC(=O)N[C@@H](C)C(=O)N1CCC(Cc2ccccc2)CC1. The molecule has 0 saturated carbocycles. The topological polar surface area (TPSA) is 49.4 Å². The van der Waals surface area contributed by atoms with Crippen LogP contribution in [-0.4, -0.2) is 35.8 Å². The molecule has 0 spiro atoms. The molecule has 1 aliphatic heterocycles. The second-order valence-corrected chi connectivity index (χ2v) is 6.50. The third-order valence-corrected chi connectivity index (χ3v) is 4.52. The zero-order valence-corrected chi connectivity index (χ0v) is 14.3. The number of rotatable bonds is 6. The molecule has 2 rings (SSSR count). The summed E-state index contributed by atoms with van der Waals surface area (Å²) in [4.78, 5) is 25.9. The summed E-state index contributed by atoms with van der Waals surface area (Å²) in [5, 5.41) is 2.80. The maximum atomic E-state index is 12.4. The fourth-order valence-corrected chi connectivity index (χ4v) is 3.18. The molecule has 1 saturated heterocycles. The van der Waals surface area contributed by atoms with Gasteiger partial charge in [-0.3, -0.25) is 9.59 Å². The van der Waals surface area contributed by atoms with Crippen LogP contribution in [0.1, 0.15) is 45.1 Å². The average Bonchev–Trinajstić information content (AvgIpc) is 2.56. The normalized spacial score (nSPS) is 16.9. The Bertz CT molecular complexity index is 507. The largest absolute Gasteiger partial charge is 0.345 e. The van der Waals surface area contributed by atoms with Crippen LogP contribution < -0.4 is 5.32 Å². The van der Waals surface area contributed by atoms with Crippen LogP contribution in [0.2, 0.25) is 0 Å². The van der Waals surface area contributed by atoms with E-state index in [1.54, 1.807) is 6.92 Å². The summed E-state index contributed by atoms with van der Waals surface area (Å²) in [6.07, 6.45) is 4.45. The highest BCUT2D eigenvalue weighted by atomic mass is 16.2. The van der Waals surface area contributed by atoms with Crippen molar-refractivity contribution in [2.45, 2.75) is 52.0 Å². The number of carbonyl (C=O) groups excluding carboxylic acids is 2. The summed E-state index contributed by atoms with van der Waals surface area (Å²) in [5.41, 5.74) is 1.37. The maximum Gasteiger partial charge on any atom is 0.244 e. The molecule has 1 N–H and O–H groups in total. The molecular weight excluding hydrogens is 288 g/mol. The molecule has 1 heterocycles. The van der Waals surface area contributed by atoms with Crippen LogP contribution in [0.3, 0.4) is 0 Å². The maximum absolute atomic E-state index is 12.4. The van der Waals surface area contributed by atoms with E-state index in [1.807, 2.05) is 17.9 Å². The molecule has 0 aromatic heterocycles. The van der Waals surface area contributed by atoms with E-state index in [2.05, 4.69) is 29.6 Å². The number of hydrogen-bond donors (Lipinski definition) is 1. The molecule has 2 amide bonds. The monoisotopic (exact) mass is 316 g/mol. The standard InChI is InChI=1S/C19H28N2O2/c1-3-7-18(22)20-15(2)19(23)21-12-10-17(11-13-21)14-16-8-5-4-6-9-16/h4-6,8-9,15,17H,3,7,10-14H2,1-2H3,(H,20,22)/t15-/m0/s1. The van der Waals surface area contributed by atoms with Crippen LogP contribution >= 0.6 is 0 Å². The molecule has 1 fully saturated rings.